The van der Waals surface area contributed by atoms with Gasteiger partial charge in [0.15, 0.2) is 17.4 Å². The van der Waals surface area contributed by atoms with E-state index in [-0.39, 0.29) is 23.2 Å². The summed E-state index contributed by atoms with van der Waals surface area (Å²) in [5, 5.41) is 9.12. The van der Waals surface area contributed by atoms with Gasteiger partial charge in [-0.2, -0.15) is 4.39 Å². The van der Waals surface area contributed by atoms with Gasteiger partial charge in [-0.05, 0) is 48.5 Å². The first-order valence-corrected chi connectivity index (χ1v) is 8.81. The summed E-state index contributed by atoms with van der Waals surface area (Å²) < 4.78 is 45.4. The van der Waals surface area contributed by atoms with Crippen molar-refractivity contribution in [1.82, 2.24) is 0 Å². The van der Waals surface area contributed by atoms with Crippen LogP contribution in [0.15, 0.2) is 67.8 Å². The molecule has 28 heavy (non-hydrogen) atoms. The predicted octanol–water partition coefficient (Wildman–Crippen LogP) is 7.11. The molecule has 2 atom stereocenters. The third-order valence-electron chi connectivity index (χ3n) is 4.21. The van der Waals surface area contributed by atoms with Crippen molar-refractivity contribution >= 4 is 6.08 Å². The molecule has 0 aromatic heterocycles. The van der Waals surface area contributed by atoms with E-state index in [2.05, 4.69) is 26.3 Å². The number of phenols is 1. The second-order valence-corrected chi connectivity index (χ2v) is 6.31. The first-order valence-electron chi connectivity index (χ1n) is 8.81. The summed E-state index contributed by atoms with van der Waals surface area (Å²) in [5.41, 5.74) is 0.705. The van der Waals surface area contributed by atoms with Gasteiger partial charge in [-0.25, -0.2) is 8.78 Å². The molecule has 0 heterocycles. The van der Waals surface area contributed by atoms with E-state index in [1.807, 2.05) is 13.8 Å². The largest absolute Gasteiger partial charge is 0.505 e. The van der Waals surface area contributed by atoms with E-state index < -0.39 is 23.2 Å². The van der Waals surface area contributed by atoms with Crippen molar-refractivity contribution < 1.29 is 23.0 Å². The van der Waals surface area contributed by atoms with Crippen molar-refractivity contribution in [1.29, 1.82) is 0 Å². The van der Waals surface area contributed by atoms with Crippen molar-refractivity contribution in [3.05, 3.63) is 85.0 Å². The second kappa shape index (κ2) is 12.7. The first-order chi connectivity index (χ1) is 13.2. The number of methoxy groups -OCH3 is 1. The van der Waals surface area contributed by atoms with Gasteiger partial charge < -0.3 is 9.84 Å². The number of hydrogen-bond acceptors (Lipinski definition) is 2. The Morgan fingerprint density at radius 1 is 1.14 bits per heavy atom. The summed E-state index contributed by atoms with van der Waals surface area (Å²) in [4.78, 5) is 0. The van der Waals surface area contributed by atoms with Crippen LogP contribution in [0.5, 0.6) is 5.75 Å². The normalized spacial score (nSPS) is 13.4. The minimum Gasteiger partial charge on any atom is -0.505 e. The Balaban J connectivity index is 0.00000352. The van der Waals surface area contributed by atoms with Crippen LogP contribution in [0.2, 0.25) is 0 Å². The number of phenolic OH excluding ortho intramolecular Hbond substituents is 1. The van der Waals surface area contributed by atoms with Crippen LogP contribution in [0.25, 0.3) is 6.08 Å². The maximum Gasteiger partial charge on any atom is 0.200 e. The lowest BCUT2D eigenvalue weighted by atomic mass is 9.92. The van der Waals surface area contributed by atoms with Crippen LogP contribution in [0.4, 0.5) is 13.2 Å². The Kier molecular flexibility index (Phi) is 11.4. The maximum atomic E-state index is 13.7. The Morgan fingerprint density at radius 3 is 2.32 bits per heavy atom. The molecule has 0 amide bonds. The maximum absolute atomic E-state index is 13.7. The zero-order chi connectivity index (χ0) is 21.9. The van der Waals surface area contributed by atoms with E-state index in [9.17, 15) is 13.2 Å². The third kappa shape index (κ3) is 7.91. The second-order valence-electron chi connectivity index (χ2n) is 6.31. The molecule has 1 rings (SSSR count). The number of ether oxygens (including phenoxy) is 1. The molecule has 2 nitrogen and oxygen atoms in total. The van der Waals surface area contributed by atoms with Crippen molar-refractivity contribution in [3.8, 4) is 5.75 Å². The van der Waals surface area contributed by atoms with Gasteiger partial charge in [0.1, 0.15) is 5.76 Å². The molecule has 0 aliphatic heterocycles. The zero-order valence-corrected chi connectivity index (χ0v) is 16.8. The van der Waals surface area contributed by atoms with E-state index in [0.717, 1.165) is 18.9 Å². The van der Waals surface area contributed by atoms with Crippen LogP contribution in [0, 0.1) is 23.5 Å². The highest BCUT2D eigenvalue weighted by molar-refractivity contribution is 5.52. The molecule has 1 aromatic rings. The molecule has 0 bridgehead atoms. The summed E-state index contributed by atoms with van der Waals surface area (Å²) in [5.74, 6) is -3.49. The monoisotopic (exact) mass is 394 g/mol. The molecular formula is C23H29F3O2. The van der Waals surface area contributed by atoms with E-state index in [1.54, 1.807) is 6.08 Å². The average molecular weight is 394 g/mol. The average Bonchev–Trinajstić information content (AvgIpc) is 2.70. The zero-order valence-electron chi connectivity index (χ0n) is 16.8. The fourth-order valence-electron chi connectivity index (χ4n) is 2.23. The molecule has 2 unspecified atom stereocenters. The summed E-state index contributed by atoms with van der Waals surface area (Å²) in [7, 11) is 1.35. The highest BCUT2D eigenvalue weighted by Gasteiger charge is 2.12. The number of rotatable bonds is 9. The van der Waals surface area contributed by atoms with Gasteiger partial charge in [-0.1, -0.05) is 39.2 Å². The predicted molar refractivity (Wildman–Crippen MR) is 110 cm³/mol. The van der Waals surface area contributed by atoms with Crippen LogP contribution in [0.3, 0.4) is 0 Å². The van der Waals surface area contributed by atoms with Crippen LogP contribution in [0.1, 0.15) is 32.3 Å². The number of halogens is 3. The lowest BCUT2D eigenvalue weighted by molar-refractivity contribution is 0.285. The minimum absolute atomic E-state index is 0.0437. The molecular weight excluding hydrogens is 365 g/mol. The molecule has 0 saturated heterocycles. The molecule has 0 aliphatic rings. The Labute approximate surface area is 166 Å². The number of allylic oxidation sites excluding steroid dienone is 4. The van der Waals surface area contributed by atoms with Gasteiger partial charge in [-0.15, -0.1) is 13.2 Å². The molecule has 0 aliphatic carbocycles. The Bertz CT molecular complexity index is 736. The number of hydrogen-bond donors (Lipinski definition) is 1. The summed E-state index contributed by atoms with van der Waals surface area (Å²) in [6, 6.07) is 2.43. The van der Waals surface area contributed by atoms with Crippen LogP contribution in [-0.4, -0.2) is 12.2 Å². The SMILES string of the molecule is C=C.C=C(OC)/C(F)=C\C(=C)C(C)CCC(C)/C=C/c1ccc(O)c(F)c1F. The number of aromatic hydroxyl groups is 1. The smallest absolute Gasteiger partial charge is 0.200 e. The fourth-order valence-corrected chi connectivity index (χ4v) is 2.23. The highest BCUT2D eigenvalue weighted by atomic mass is 19.2. The molecule has 0 radical (unpaired) electrons. The summed E-state index contributed by atoms with van der Waals surface area (Å²) in [6.45, 7) is 17.2. The van der Waals surface area contributed by atoms with Gasteiger partial charge in [0, 0.05) is 5.56 Å². The molecule has 154 valence electrons. The topological polar surface area (TPSA) is 29.5 Å². The number of benzene rings is 1. The third-order valence-corrected chi connectivity index (χ3v) is 4.21. The first kappa shape index (κ1) is 25.3. The van der Waals surface area contributed by atoms with E-state index in [4.69, 9.17) is 9.84 Å². The minimum atomic E-state index is -1.25. The standard InChI is InChI=1S/C21H25F3O2.C2H4/c1-13(7-9-17-10-11-19(25)21(24)20(17)23)6-8-14(2)15(3)12-18(22)16(4)26-5;1-2/h7,9-14,25H,3-4,6,8H2,1-2,5H3;1-2H2/b9-7+,18-12+;. The van der Waals surface area contributed by atoms with Crippen LogP contribution < -0.4 is 0 Å². The molecule has 0 saturated carbocycles. The van der Waals surface area contributed by atoms with Crippen LogP contribution in [-0.2, 0) is 4.74 Å². The van der Waals surface area contributed by atoms with Crippen molar-refractivity contribution in [2.24, 2.45) is 11.8 Å². The van der Waals surface area contributed by atoms with Gasteiger partial charge >= 0.3 is 0 Å². The van der Waals surface area contributed by atoms with Crippen molar-refractivity contribution in [2.75, 3.05) is 7.11 Å². The van der Waals surface area contributed by atoms with Gasteiger partial charge in [0.25, 0.3) is 0 Å². The van der Waals surface area contributed by atoms with Gasteiger partial charge in [0.05, 0.1) is 7.11 Å². The molecule has 5 heteroatoms. The lowest BCUT2D eigenvalue weighted by Crippen LogP contribution is -2.01. The molecule has 1 aromatic carbocycles. The Morgan fingerprint density at radius 2 is 1.75 bits per heavy atom. The molecule has 1 N–H and O–H groups in total. The summed E-state index contributed by atoms with van der Waals surface area (Å²) >= 11 is 0. The van der Waals surface area contributed by atoms with E-state index in [1.165, 1.54) is 25.3 Å². The molecule has 0 spiro atoms. The quantitative estimate of drug-likeness (QED) is 0.275. The fraction of sp³-hybridized carbons (Fsp3) is 0.304. The molecule has 0 fully saturated rings. The highest BCUT2D eigenvalue weighted by Crippen LogP contribution is 2.25. The Hall–Kier alpha value is -2.69. The van der Waals surface area contributed by atoms with E-state index >= 15 is 0 Å². The van der Waals surface area contributed by atoms with Gasteiger partial charge in [0.2, 0.25) is 5.82 Å². The van der Waals surface area contributed by atoms with Crippen molar-refractivity contribution in [3.63, 3.8) is 0 Å². The lowest BCUT2D eigenvalue weighted by Gasteiger charge is -2.14. The van der Waals surface area contributed by atoms with E-state index in [0.29, 0.717) is 5.57 Å². The van der Waals surface area contributed by atoms with Crippen molar-refractivity contribution in [2.45, 2.75) is 26.7 Å². The summed E-state index contributed by atoms with van der Waals surface area (Å²) in [6.07, 6.45) is 6.09. The van der Waals surface area contributed by atoms with Gasteiger partial charge in [-0.3, -0.25) is 0 Å². The van der Waals surface area contributed by atoms with Crippen LogP contribution >= 0.6 is 0 Å².